The Kier molecular flexibility index (Phi) is 12.5. The average molecular weight is 995 g/mol. The van der Waals surface area contributed by atoms with Gasteiger partial charge in [-0.15, -0.1) is 53.6 Å². The van der Waals surface area contributed by atoms with E-state index in [2.05, 4.69) is 192 Å². The number of benzene rings is 5. The Balaban J connectivity index is 0.000000237. The van der Waals surface area contributed by atoms with E-state index < -0.39 is 8.07 Å². The molecule has 0 aliphatic heterocycles. The summed E-state index contributed by atoms with van der Waals surface area (Å²) in [6.45, 7) is 22.9. The van der Waals surface area contributed by atoms with Crippen LogP contribution in [0.1, 0.15) is 77.0 Å². The zero-order chi connectivity index (χ0) is 42.3. The maximum atomic E-state index is 6.49. The van der Waals surface area contributed by atoms with Crippen LogP contribution in [0.2, 0.25) is 19.6 Å². The van der Waals surface area contributed by atoms with Crippen LogP contribution < -0.4 is 5.19 Å². The smallest absolute Gasteiger partial charge is 0.216 e. The normalized spacial score (nSPS) is 11.9. The number of fused-ring (bicyclic) bond motifs is 4. The van der Waals surface area contributed by atoms with Gasteiger partial charge in [0, 0.05) is 43.6 Å². The van der Waals surface area contributed by atoms with Crippen LogP contribution in [0.25, 0.3) is 72.6 Å². The zero-order valence-electron chi connectivity index (χ0n) is 36.9. The predicted octanol–water partition coefficient (Wildman–Crippen LogP) is 14.1. The number of imidazole rings is 1. The van der Waals surface area contributed by atoms with Crippen molar-refractivity contribution < 1.29 is 24.5 Å². The van der Waals surface area contributed by atoms with Gasteiger partial charge in [0.15, 0.2) is 0 Å². The van der Waals surface area contributed by atoms with Crippen molar-refractivity contribution in [3.8, 4) is 39.5 Å². The molecule has 0 fully saturated rings. The van der Waals surface area contributed by atoms with Crippen molar-refractivity contribution in [3.05, 3.63) is 163 Å². The topological polar surface area (TPSA) is 56.7 Å². The molecule has 0 atom stereocenters. The quantitative estimate of drug-likeness (QED) is 0.118. The van der Waals surface area contributed by atoms with Gasteiger partial charge in [0.05, 0.1) is 30.5 Å². The molecule has 9 aromatic rings. The van der Waals surface area contributed by atoms with Crippen molar-refractivity contribution in [2.75, 3.05) is 0 Å². The molecule has 0 aliphatic rings. The molecule has 1 radical (unpaired) electrons. The Morgan fingerprint density at radius 3 is 2.13 bits per heavy atom. The van der Waals surface area contributed by atoms with E-state index in [4.69, 9.17) is 9.40 Å². The van der Waals surface area contributed by atoms with Crippen LogP contribution in [0.4, 0.5) is 0 Å². The van der Waals surface area contributed by atoms with Gasteiger partial charge in [-0.05, 0) is 75.3 Å². The number of aromatic nitrogens is 4. The molecule has 4 aromatic heterocycles. The Morgan fingerprint density at radius 2 is 1.44 bits per heavy atom. The van der Waals surface area contributed by atoms with Crippen molar-refractivity contribution in [3.63, 3.8) is 0 Å². The molecule has 0 N–H and O–H groups in total. The number of hydrogen-bond donors (Lipinski definition) is 0. The van der Waals surface area contributed by atoms with Gasteiger partial charge in [-0.3, -0.25) is 4.98 Å². The molecule has 0 spiro atoms. The van der Waals surface area contributed by atoms with Crippen LogP contribution in [-0.4, -0.2) is 27.6 Å². The maximum absolute atomic E-state index is 6.49. The number of pyridine rings is 2. The van der Waals surface area contributed by atoms with Gasteiger partial charge in [0.1, 0.15) is 0 Å². The molecule has 4 heterocycles. The zero-order valence-corrected chi connectivity index (χ0v) is 40.3. The number of nitrogens with zero attached hydrogens (tertiary/aromatic N) is 4. The minimum atomic E-state index is -1.34. The van der Waals surface area contributed by atoms with Crippen molar-refractivity contribution in [1.29, 1.82) is 0 Å². The third-order valence-corrected chi connectivity index (χ3v) is 13.3. The third-order valence-electron chi connectivity index (χ3n) is 11.3. The molecule has 0 amide bonds. The van der Waals surface area contributed by atoms with Crippen molar-refractivity contribution in [1.82, 2.24) is 19.5 Å². The number of para-hydroxylation sites is 2. The van der Waals surface area contributed by atoms with Crippen LogP contribution in [0.3, 0.4) is 0 Å². The summed E-state index contributed by atoms with van der Waals surface area (Å²) in [4.78, 5) is 14.4. The van der Waals surface area contributed by atoms with Crippen LogP contribution in [0.15, 0.2) is 138 Å². The second-order valence-electron chi connectivity index (χ2n) is 18.4. The SMILES string of the molecule is CC(C)c1c[c-]c(-c2nc3ccccc3n2-c2ccc(-c3ccccc3)cc2C(C)(C)C)c2oc3ncccc3c12.CC(C)c1cc(-c2[c-]cccc2)ncc1[Si](C)(C)C.[Ir]. The summed E-state index contributed by atoms with van der Waals surface area (Å²) in [5.41, 5.74) is 13.6. The summed E-state index contributed by atoms with van der Waals surface area (Å²) in [6.07, 6.45) is 3.88. The Morgan fingerprint density at radius 1 is 0.721 bits per heavy atom. The van der Waals surface area contributed by atoms with Crippen molar-refractivity contribution in [2.24, 2.45) is 0 Å². The van der Waals surface area contributed by atoms with E-state index >= 15 is 0 Å². The largest absolute Gasteiger partial charge is 0.486 e. The van der Waals surface area contributed by atoms with Gasteiger partial charge >= 0.3 is 0 Å². The third kappa shape index (κ3) is 8.70. The molecule has 0 saturated heterocycles. The number of rotatable bonds is 7. The fourth-order valence-electron chi connectivity index (χ4n) is 8.16. The minimum absolute atomic E-state index is 0. The molecule has 0 aliphatic carbocycles. The molecule has 61 heavy (non-hydrogen) atoms. The molecule has 5 nitrogen and oxygen atoms in total. The molecule has 5 aromatic carbocycles. The minimum Gasteiger partial charge on any atom is -0.486 e. The van der Waals surface area contributed by atoms with Crippen LogP contribution in [-0.2, 0) is 25.5 Å². The summed E-state index contributed by atoms with van der Waals surface area (Å²) in [5.74, 6) is 1.65. The summed E-state index contributed by atoms with van der Waals surface area (Å²) < 4.78 is 8.78. The molecule has 9 rings (SSSR count). The second kappa shape index (κ2) is 17.5. The molecule has 0 unspecified atom stereocenters. The van der Waals surface area contributed by atoms with Gasteiger partial charge in [0.25, 0.3) is 0 Å². The van der Waals surface area contributed by atoms with E-state index in [1.165, 1.54) is 33.0 Å². The van der Waals surface area contributed by atoms with Gasteiger partial charge in [-0.1, -0.05) is 145 Å². The summed E-state index contributed by atoms with van der Waals surface area (Å²) in [7, 11) is -1.34. The second-order valence-corrected chi connectivity index (χ2v) is 23.4. The first-order valence-electron chi connectivity index (χ1n) is 21.1. The Hall–Kier alpha value is -5.46. The van der Waals surface area contributed by atoms with Gasteiger partial charge in [0.2, 0.25) is 5.71 Å². The Bertz CT molecular complexity index is 2950. The fourth-order valence-corrected chi connectivity index (χ4v) is 9.84. The average Bonchev–Trinajstić information content (AvgIpc) is 3.82. The molecule has 7 heteroatoms. The van der Waals surface area contributed by atoms with Crippen molar-refractivity contribution >= 4 is 46.4 Å². The van der Waals surface area contributed by atoms with E-state index in [0.717, 1.165) is 55.7 Å². The van der Waals surface area contributed by atoms with Crippen LogP contribution >= 0.6 is 0 Å². The van der Waals surface area contributed by atoms with Crippen molar-refractivity contribution in [2.45, 2.75) is 85.4 Å². The maximum Gasteiger partial charge on any atom is 0.216 e. The summed E-state index contributed by atoms with van der Waals surface area (Å²) >= 11 is 0. The number of furan rings is 1. The first kappa shape index (κ1) is 43.6. The molecular formula is C54H54IrN4OSi-2. The predicted molar refractivity (Wildman–Crippen MR) is 254 cm³/mol. The first-order chi connectivity index (χ1) is 28.7. The number of hydrogen-bond acceptors (Lipinski definition) is 4. The van der Waals surface area contributed by atoms with E-state index in [0.29, 0.717) is 17.5 Å². The standard InChI is InChI=1S/C37H32N3O.C17H22NSi.Ir/c1-23(2)26-18-19-28(34-33(26)27-14-11-21-38-36(27)41-34)35-39-30-15-9-10-16-32(30)40(35)31-20-17-25(22-29(31)37(3,4)5)24-12-7-6-8-13-24;1-13(2)15-11-16(14-9-7-6-8-10-14)18-12-17(15)19(3,4)5;/h6-18,20-23H,1-5H3;6-9,11-13H,1-5H3;/q2*-1;. The van der Waals surface area contributed by atoms with Crippen LogP contribution in [0, 0.1) is 12.1 Å². The monoisotopic (exact) mass is 995 g/mol. The fraction of sp³-hybridized carbons (Fsp3) is 0.241. The van der Waals surface area contributed by atoms with Gasteiger partial charge in [-0.2, -0.15) is 0 Å². The van der Waals surface area contributed by atoms with Crippen LogP contribution in [0.5, 0.6) is 0 Å². The van der Waals surface area contributed by atoms with E-state index in [-0.39, 0.29) is 25.5 Å². The first-order valence-corrected chi connectivity index (χ1v) is 24.6. The summed E-state index contributed by atoms with van der Waals surface area (Å²) in [6, 6.07) is 49.0. The Labute approximate surface area is 375 Å². The molecule has 311 valence electrons. The van der Waals surface area contributed by atoms with E-state index in [1.807, 2.05) is 30.3 Å². The van der Waals surface area contributed by atoms with E-state index in [1.54, 1.807) is 6.20 Å². The molecule has 0 saturated carbocycles. The summed E-state index contributed by atoms with van der Waals surface area (Å²) in [5, 5.41) is 3.58. The molecule has 0 bridgehead atoms. The van der Waals surface area contributed by atoms with Gasteiger partial charge in [-0.25, -0.2) is 4.98 Å². The van der Waals surface area contributed by atoms with Gasteiger partial charge < -0.3 is 14.0 Å². The van der Waals surface area contributed by atoms with E-state index in [9.17, 15) is 0 Å². The molecular weight excluding hydrogens is 941 g/mol.